The molecule has 2 aliphatic heterocycles. The molecule has 0 aromatic rings. The van der Waals surface area contributed by atoms with Gasteiger partial charge in [0.05, 0.1) is 11.7 Å². The number of amidine groups is 1. The van der Waals surface area contributed by atoms with Gasteiger partial charge in [0.25, 0.3) is 0 Å². The molecule has 1 fully saturated rings. The minimum absolute atomic E-state index is 0.195. The van der Waals surface area contributed by atoms with E-state index < -0.39 is 0 Å². The van der Waals surface area contributed by atoms with E-state index in [0.717, 1.165) is 44.6 Å². The minimum atomic E-state index is -0.195. The first-order valence-electron chi connectivity index (χ1n) is 12.2. The van der Waals surface area contributed by atoms with Gasteiger partial charge >= 0.3 is 0 Å². The Balaban J connectivity index is 1.78. The summed E-state index contributed by atoms with van der Waals surface area (Å²) < 4.78 is 0. The molecule has 3 rings (SSSR count). The Bertz CT molecular complexity index is 932. The first-order chi connectivity index (χ1) is 15.8. The Hall–Kier alpha value is -2.70. The van der Waals surface area contributed by atoms with Gasteiger partial charge in [-0.25, -0.2) is 9.98 Å². The lowest BCUT2D eigenvalue weighted by atomic mass is 9.92. The first-order valence-corrected chi connectivity index (χ1v) is 12.2. The Morgan fingerprint density at radius 3 is 2.88 bits per heavy atom. The smallest absolute Gasteiger partial charge is 0.228 e. The van der Waals surface area contributed by atoms with E-state index in [0.29, 0.717) is 17.8 Å². The zero-order chi connectivity index (χ0) is 24.0. The van der Waals surface area contributed by atoms with Crippen LogP contribution >= 0.6 is 0 Å². The molecule has 0 aromatic carbocycles. The Labute approximate surface area is 199 Å². The first kappa shape index (κ1) is 24.9. The highest BCUT2D eigenvalue weighted by molar-refractivity contribution is 5.98. The molecular weight excluding hydrogens is 412 g/mol. The normalized spacial score (nSPS) is 28.0. The molecular formula is C25H40N8. The molecule has 180 valence electrons. The van der Waals surface area contributed by atoms with Crippen LogP contribution < -0.4 is 10.6 Å². The maximum Gasteiger partial charge on any atom is 0.228 e. The lowest BCUT2D eigenvalue weighted by Crippen LogP contribution is -2.55. The molecule has 1 spiro atoms. The van der Waals surface area contributed by atoms with E-state index in [4.69, 9.17) is 9.98 Å². The van der Waals surface area contributed by atoms with Gasteiger partial charge in [-0.1, -0.05) is 13.8 Å². The summed E-state index contributed by atoms with van der Waals surface area (Å²) in [4.78, 5) is 23.6. The molecule has 0 radical (unpaired) electrons. The number of likely N-dealkylation sites (N-methyl/N-ethyl adjacent to an activating group) is 2. The molecule has 33 heavy (non-hydrogen) atoms. The summed E-state index contributed by atoms with van der Waals surface area (Å²) in [6, 6.07) is 0.572. The van der Waals surface area contributed by atoms with Crippen LogP contribution in [0.4, 0.5) is 0 Å². The Kier molecular flexibility index (Phi) is 8.27. The van der Waals surface area contributed by atoms with Crippen molar-refractivity contribution in [3.05, 3.63) is 29.4 Å². The zero-order valence-electron chi connectivity index (χ0n) is 21.3. The molecule has 2 bridgehead atoms. The van der Waals surface area contributed by atoms with E-state index in [2.05, 4.69) is 70.2 Å². The van der Waals surface area contributed by atoms with Crippen LogP contribution in [0.1, 0.15) is 60.8 Å². The highest BCUT2D eigenvalue weighted by atomic mass is 15.4. The van der Waals surface area contributed by atoms with Gasteiger partial charge < -0.3 is 20.4 Å². The van der Waals surface area contributed by atoms with E-state index in [-0.39, 0.29) is 11.6 Å². The molecule has 2 atom stereocenters. The predicted molar refractivity (Wildman–Crippen MR) is 139 cm³/mol. The van der Waals surface area contributed by atoms with Gasteiger partial charge in [0.15, 0.2) is 0 Å². The summed E-state index contributed by atoms with van der Waals surface area (Å²) in [6.45, 7) is 15.5. The predicted octanol–water partition coefficient (Wildman–Crippen LogP) is 3.31. The summed E-state index contributed by atoms with van der Waals surface area (Å²) in [5.41, 5.74) is 2.10. The van der Waals surface area contributed by atoms with E-state index in [1.54, 1.807) is 0 Å². The van der Waals surface area contributed by atoms with Crippen LogP contribution in [-0.4, -0.2) is 78.0 Å². The number of fused-ring (bicyclic) bond motifs is 1. The van der Waals surface area contributed by atoms with Gasteiger partial charge in [0, 0.05) is 57.3 Å². The van der Waals surface area contributed by atoms with Crippen molar-refractivity contribution >= 4 is 23.9 Å². The number of guanidine groups is 1. The standard InChI is InChI=1S/C25H40N8/c1-8-22(27-15-19(6)32(7)12-11-26-10-3)31-24-28-16-20-13-21-25(14-20,17-29-24)33(18(4)5)23(9-2)30-21/h8,16-18,21,26H,9-14H2,1-7H3,(H,28,31)/b20-16-,22-8+,29-17+. The molecule has 0 saturated heterocycles. The second-order valence-corrected chi connectivity index (χ2v) is 9.13. The third-order valence-corrected chi connectivity index (χ3v) is 6.48. The molecule has 8 nitrogen and oxygen atoms in total. The average molecular weight is 453 g/mol. The van der Waals surface area contributed by atoms with Crippen molar-refractivity contribution < 1.29 is 0 Å². The summed E-state index contributed by atoms with van der Waals surface area (Å²) in [5, 5.41) is 6.61. The van der Waals surface area contributed by atoms with Gasteiger partial charge in [-0.3, -0.25) is 4.99 Å². The number of nitrogens with one attached hydrogen (secondary N) is 2. The number of nitrogens with zero attached hydrogens (tertiary/aromatic N) is 6. The van der Waals surface area contributed by atoms with Gasteiger partial charge in [-0.05, 0) is 52.3 Å². The molecule has 1 saturated carbocycles. The fourth-order valence-corrected chi connectivity index (χ4v) is 4.72. The van der Waals surface area contributed by atoms with Gasteiger partial charge in [0.2, 0.25) is 5.96 Å². The monoisotopic (exact) mass is 452 g/mol. The molecule has 8 heteroatoms. The summed E-state index contributed by atoms with van der Waals surface area (Å²) in [7, 11) is 2.05. The molecule has 2 N–H and O–H groups in total. The fraction of sp³-hybridized carbons (Fsp3) is 0.640. The van der Waals surface area contributed by atoms with Crippen molar-refractivity contribution in [2.24, 2.45) is 20.0 Å². The highest BCUT2D eigenvalue weighted by Gasteiger charge is 2.54. The largest absolute Gasteiger partial charge is 0.369 e. The van der Waals surface area contributed by atoms with Crippen LogP contribution in [0.5, 0.6) is 0 Å². The SMILES string of the molecule is C/C=C(\N=C=C(C)N(C)CCNCC)NC1=N\C=C2\CC3N=C(CC)N(C(C)C)C3(\C=N\1)C2. The Morgan fingerprint density at radius 2 is 2.21 bits per heavy atom. The third-order valence-electron chi connectivity index (χ3n) is 6.48. The van der Waals surface area contributed by atoms with E-state index >= 15 is 0 Å². The van der Waals surface area contributed by atoms with E-state index in [1.807, 2.05) is 33.2 Å². The quantitative estimate of drug-likeness (QED) is 0.415. The minimum Gasteiger partial charge on any atom is -0.369 e. The lowest BCUT2D eigenvalue weighted by Gasteiger charge is -2.40. The van der Waals surface area contributed by atoms with Crippen LogP contribution in [0, 0.1) is 0 Å². The molecule has 3 aliphatic rings. The molecule has 2 heterocycles. The fourth-order valence-electron chi connectivity index (χ4n) is 4.72. The summed E-state index contributed by atoms with van der Waals surface area (Å²) in [5.74, 6) is 5.53. The van der Waals surface area contributed by atoms with Crippen LogP contribution in [0.2, 0.25) is 0 Å². The number of hydrogen-bond acceptors (Lipinski definition) is 8. The van der Waals surface area contributed by atoms with Crippen molar-refractivity contribution in [2.75, 3.05) is 26.7 Å². The molecule has 1 aliphatic carbocycles. The second kappa shape index (κ2) is 10.9. The van der Waals surface area contributed by atoms with Gasteiger partial charge in [0.1, 0.15) is 17.2 Å². The maximum absolute atomic E-state index is 5.07. The number of aliphatic imine (C=N–C) groups is 4. The van der Waals surface area contributed by atoms with E-state index in [1.165, 1.54) is 11.4 Å². The van der Waals surface area contributed by atoms with Gasteiger partial charge in [-0.2, -0.15) is 4.99 Å². The van der Waals surface area contributed by atoms with Crippen LogP contribution in [-0.2, 0) is 0 Å². The third kappa shape index (κ3) is 5.45. The lowest BCUT2D eigenvalue weighted by molar-refractivity contribution is 0.224. The topological polar surface area (TPSA) is 80.0 Å². The molecule has 2 unspecified atom stereocenters. The molecule has 0 aromatic heterocycles. The summed E-state index contributed by atoms with van der Waals surface area (Å²) in [6.07, 6.45) is 8.75. The maximum atomic E-state index is 5.07. The van der Waals surface area contributed by atoms with Gasteiger partial charge in [-0.15, -0.1) is 0 Å². The van der Waals surface area contributed by atoms with Crippen LogP contribution in [0.15, 0.2) is 49.3 Å². The van der Waals surface area contributed by atoms with E-state index in [9.17, 15) is 0 Å². The highest BCUT2D eigenvalue weighted by Crippen LogP contribution is 2.45. The van der Waals surface area contributed by atoms with Crippen molar-refractivity contribution in [3.63, 3.8) is 0 Å². The molecule has 0 amide bonds. The van der Waals surface area contributed by atoms with Crippen molar-refractivity contribution in [2.45, 2.75) is 78.4 Å². The van der Waals surface area contributed by atoms with Crippen molar-refractivity contribution in [1.29, 1.82) is 0 Å². The average Bonchev–Trinajstić information content (AvgIpc) is 3.29. The van der Waals surface area contributed by atoms with Crippen LogP contribution in [0.25, 0.3) is 0 Å². The second-order valence-electron chi connectivity index (χ2n) is 9.13. The van der Waals surface area contributed by atoms with Crippen LogP contribution in [0.3, 0.4) is 0 Å². The number of rotatable bonds is 9. The zero-order valence-corrected chi connectivity index (χ0v) is 21.3. The number of allylic oxidation sites excluding steroid dienone is 2. The van der Waals surface area contributed by atoms with Crippen molar-refractivity contribution in [3.8, 4) is 0 Å². The summed E-state index contributed by atoms with van der Waals surface area (Å²) >= 11 is 0. The Morgan fingerprint density at radius 1 is 1.42 bits per heavy atom. The number of hydrogen-bond donors (Lipinski definition) is 2. The van der Waals surface area contributed by atoms with Crippen molar-refractivity contribution in [1.82, 2.24) is 20.4 Å².